The predicted molar refractivity (Wildman–Crippen MR) is 57.3 cm³/mol. The first-order valence-corrected chi connectivity index (χ1v) is 5.55. The van der Waals surface area contributed by atoms with Crippen LogP contribution in [-0.4, -0.2) is 5.78 Å². The zero-order chi connectivity index (χ0) is 11.7. The van der Waals surface area contributed by atoms with Gasteiger partial charge < -0.3 is 0 Å². The monoisotopic (exact) mass is 224 g/mol. The second kappa shape index (κ2) is 4.32. The van der Waals surface area contributed by atoms with Crippen molar-refractivity contribution in [2.45, 2.75) is 38.5 Å². The van der Waals surface area contributed by atoms with Gasteiger partial charge in [-0.1, -0.05) is 0 Å². The highest BCUT2D eigenvalue weighted by Gasteiger charge is 2.21. The van der Waals surface area contributed by atoms with Crippen molar-refractivity contribution in [1.29, 1.82) is 0 Å². The van der Waals surface area contributed by atoms with Crippen molar-refractivity contribution in [1.82, 2.24) is 0 Å². The molecule has 1 aliphatic rings. The van der Waals surface area contributed by atoms with Gasteiger partial charge in [-0.25, -0.2) is 8.78 Å². The molecule has 0 N–H and O–H groups in total. The number of Topliss-reactive ketones (excluding diaryl/α,β-unsaturated/α-hetero) is 1. The highest BCUT2D eigenvalue weighted by atomic mass is 19.1. The highest BCUT2D eigenvalue weighted by molar-refractivity contribution is 5.79. The van der Waals surface area contributed by atoms with Gasteiger partial charge in [0, 0.05) is 18.4 Å². The Balaban J connectivity index is 2.24. The summed E-state index contributed by atoms with van der Waals surface area (Å²) in [7, 11) is 0. The maximum absolute atomic E-state index is 13.4. The van der Waals surface area contributed by atoms with Crippen LogP contribution in [0.2, 0.25) is 0 Å². The molecule has 0 bridgehead atoms. The average Bonchev–Trinajstić information content (AvgIpc) is 2.26. The van der Waals surface area contributed by atoms with E-state index in [2.05, 4.69) is 0 Å². The Kier molecular flexibility index (Phi) is 3.03. The quantitative estimate of drug-likeness (QED) is 0.713. The maximum Gasteiger partial charge on any atom is 0.132 e. The Morgan fingerprint density at radius 1 is 1.12 bits per heavy atom. The summed E-state index contributed by atoms with van der Waals surface area (Å²) in [6.07, 6.45) is 2.48. The molecular weight excluding hydrogens is 210 g/mol. The van der Waals surface area contributed by atoms with Crippen LogP contribution in [-0.2, 0) is 4.79 Å². The lowest BCUT2D eigenvalue weighted by atomic mass is 9.83. The molecule has 1 aliphatic carbocycles. The van der Waals surface area contributed by atoms with Crippen molar-refractivity contribution >= 4 is 5.78 Å². The number of halogens is 2. The number of carbonyl (C=O) groups is 1. The molecule has 0 heterocycles. The van der Waals surface area contributed by atoms with Gasteiger partial charge in [0.25, 0.3) is 0 Å². The molecule has 0 radical (unpaired) electrons. The van der Waals surface area contributed by atoms with Crippen LogP contribution in [0.3, 0.4) is 0 Å². The van der Waals surface area contributed by atoms with Crippen LogP contribution in [0.4, 0.5) is 8.78 Å². The first-order chi connectivity index (χ1) is 7.58. The van der Waals surface area contributed by atoms with Crippen molar-refractivity contribution in [2.75, 3.05) is 0 Å². The fraction of sp³-hybridized carbons (Fsp3) is 0.462. The van der Waals surface area contributed by atoms with Gasteiger partial charge in [0.05, 0.1) is 0 Å². The van der Waals surface area contributed by atoms with Crippen LogP contribution in [0.25, 0.3) is 0 Å². The van der Waals surface area contributed by atoms with Crippen molar-refractivity contribution in [2.24, 2.45) is 0 Å². The summed E-state index contributed by atoms with van der Waals surface area (Å²) < 4.78 is 26.7. The van der Waals surface area contributed by atoms with Crippen LogP contribution in [0.1, 0.15) is 42.7 Å². The minimum absolute atomic E-state index is 0.0654. The summed E-state index contributed by atoms with van der Waals surface area (Å²) in [5.74, 6) is -0.606. The molecule has 0 unspecified atom stereocenters. The van der Waals surface area contributed by atoms with Gasteiger partial charge in [0.1, 0.15) is 17.4 Å². The fourth-order valence-corrected chi connectivity index (χ4v) is 2.17. The van der Waals surface area contributed by atoms with Gasteiger partial charge in [-0.05, 0) is 43.4 Å². The van der Waals surface area contributed by atoms with Crippen molar-refractivity contribution in [3.8, 4) is 0 Å². The summed E-state index contributed by atoms with van der Waals surface area (Å²) in [6, 6.07) is 2.80. The highest BCUT2D eigenvalue weighted by Crippen LogP contribution is 2.32. The molecule has 1 saturated carbocycles. The third-order valence-corrected chi connectivity index (χ3v) is 3.32. The number of rotatable bonds is 1. The largest absolute Gasteiger partial charge is 0.300 e. The zero-order valence-corrected chi connectivity index (χ0v) is 9.22. The summed E-state index contributed by atoms with van der Waals surface area (Å²) in [6.45, 7) is 1.43. The van der Waals surface area contributed by atoms with Crippen LogP contribution < -0.4 is 0 Å². The van der Waals surface area contributed by atoms with Gasteiger partial charge in [0.15, 0.2) is 0 Å². The number of benzene rings is 1. The van der Waals surface area contributed by atoms with Gasteiger partial charge in [-0.2, -0.15) is 0 Å². The Bertz CT molecular complexity index is 393. The molecule has 0 amide bonds. The molecule has 0 atom stereocenters. The molecule has 16 heavy (non-hydrogen) atoms. The standard InChI is InChI=1S/C13H14F2O/c1-8-12(14)6-10(7-13(8)15)9-2-4-11(16)5-3-9/h6-7,9H,2-5H2,1H3. The molecule has 2 rings (SSSR count). The number of carbonyl (C=O) groups excluding carboxylic acids is 1. The van der Waals surface area contributed by atoms with Gasteiger partial charge in [-0.15, -0.1) is 0 Å². The second-order valence-electron chi connectivity index (χ2n) is 4.42. The van der Waals surface area contributed by atoms with E-state index in [1.165, 1.54) is 19.1 Å². The second-order valence-corrected chi connectivity index (χ2v) is 4.42. The number of hydrogen-bond acceptors (Lipinski definition) is 1. The smallest absolute Gasteiger partial charge is 0.132 e. The van der Waals surface area contributed by atoms with Crippen LogP contribution in [0.5, 0.6) is 0 Å². The normalized spacial score (nSPS) is 17.8. The summed E-state index contributed by atoms with van der Waals surface area (Å²) in [4.78, 5) is 11.1. The van der Waals surface area contributed by atoms with E-state index >= 15 is 0 Å². The van der Waals surface area contributed by atoms with E-state index in [1.807, 2.05) is 0 Å². The molecule has 3 heteroatoms. The minimum atomic E-state index is -0.494. The third-order valence-electron chi connectivity index (χ3n) is 3.32. The van der Waals surface area contributed by atoms with E-state index in [9.17, 15) is 13.6 Å². The van der Waals surface area contributed by atoms with Crippen molar-refractivity contribution in [3.63, 3.8) is 0 Å². The summed E-state index contributed by atoms with van der Waals surface area (Å²) in [5, 5.41) is 0. The average molecular weight is 224 g/mol. The molecule has 1 nitrogen and oxygen atoms in total. The van der Waals surface area contributed by atoms with Gasteiger partial charge in [-0.3, -0.25) is 4.79 Å². The van der Waals surface area contributed by atoms with E-state index in [0.717, 1.165) is 0 Å². The maximum atomic E-state index is 13.4. The number of ketones is 1. The van der Waals surface area contributed by atoms with E-state index in [4.69, 9.17) is 0 Å². The van der Waals surface area contributed by atoms with Crippen LogP contribution >= 0.6 is 0 Å². The fourth-order valence-electron chi connectivity index (χ4n) is 2.17. The lowest BCUT2D eigenvalue weighted by Gasteiger charge is -2.21. The molecule has 86 valence electrons. The van der Waals surface area contributed by atoms with Crippen LogP contribution in [0, 0.1) is 18.6 Å². The van der Waals surface area contributed by atoms with E-state index < -0.39 is 11.6 Å². The SMILES string of the molecule is Cc1c(F)cc(C2CCC(=O)CC2)cc1F. The third kappa shape index (κ3) is 2.13. The first-order valence-electron chi connectivity index (χ1n) is 5.55. The Morgan fingerprint density at radius 3 is 2.12 bits per heavy atom. The molecular formula is C13H14F2O. The topological polar surface area (TPSA) is 17.1 Å². The Labute approximate surface area is 93.5 Å². The molecule has 0 aromatic heterocycles. The summed E-state index contributed by atoms with van der Waals surface area (Å²) in [5.41, 5.74) is 0.753. The lowest BCUT2D eigenvalue weighted by Crippen LogP contribution is -2.13. The molecule has 1 aromatic carbocycles. The van der Waals surface area contributed by atoms with E-state index in [0.29, 0.717) is 31.2 Å². The van der Waals surface area contributed by atoms with Gasteiger partial charge >= 0.3 is 0 Å². The lowest BCUT2D eigenvalue weighted by molar-refractivity contribution is -0.120. The first kappa shape index (κ1) is 11.2. The van der Waals surface area contributed by atoms with E-state index in [-0.39, 0.29) is 17.3 Å². The Hall–Kier alpha value is -1.25. The summed E-state index contributed by atoms with van der Waals surface area (Å²) >= 11 is 0. The van der Waals surface area contributed by atoms with E-state index in [1.54, 1.807) is 0 Å². The molecule has 1 aromatic rings. The zero-order valence-electron chi connectivity index (χ0n) is 9.22. The minimum Gasteiger partial charge on any atom is -0.300 e. The van der Waals surface area contributed by atoms with Crippen molar-refractivity contribution < 1.29 is 13.6 Å². The molecule has 0 aliphatic heterocycles. The molecule has 1 fully saturated rings. The van der Waals surface area contributed by atoms with Crippen molar-refractivity contribution in [3.05, 3.63) is 34.9 Å². The Morgan fingerprint density at radius 2 is 1.62 bits per heavy atom. The number of hydrogen-bond donors (Lipinski definition) is 0. The molecule has 0 spiro atoms. The predicted octanol–water partition coefficient (Wildman–Crippen LogP) is 3.50. The van der Waals surface area contributed by atoms with Gasteiger partial charge in [0.2, 0.25) is 0 Å². The van der Waals surface area contributed by atoms with Crippen LogP contribution in [0.15, 0.2) is 12.1 Å². The molecule has 0 saturated heterocycles.